The lowest BCUT2D eigenvalue weighted by molar-refractivity contribution is 0.475. The quantitative estimate of drug-likeness (QED) is 0.199. The lowest BCUT2D eigenvalue weighted by atomic mass is 10.1. The number of aromatic amines is 1. The van der Waals surface area contributed by atoms with E-state index in [-0.39, 0.29) is 23.7 Å². The average molecular weight is 530 g/mol. The fourth-order valence-corrected chi connectivity index (χ4v) is 5.02. The highest BCUT2D eigenvalue weighted by atomic mass is 32.2. The molecule has 10 heteroatoms. The molecule has 0 atom stereocenters. The summed E-state index contributed by atoms with van der Waals surface area (Å²) in [6, 6.07) is 25.1. The number of hydrogen-bond acceptors (Lipinski definition) is 6. The van der Waals surface area contributed by atoms with E-state index in [9.17, 15) is 17.9 Å². The van der Waals surface area contributed by atoms with Crippen LogP contribution in [0.15, 0.2) is 102 Å². The molecule has 192 valence electrons. The third-order valence-electron chi connectivity index (χ3n) is 5.75. The van der Waals surface area contributed by atoms with Gasteiger partial charge in [0, 0.05) is 36.0 Å². The number of anilines is 1. The molecule has 0 aliphatic rings. The van der Waals surface area contributed by atoms with Crippen LogP contribution in [0.1, 0.15) is 0 Å². The fourth-order valence-electron chi connectivity index (χ4n) is 3.95. The van der Waals surface area contributed by atoms with Gasteiger partial charge < -0.3 is 15.4 Å². The van der Waals surface area contributed by atoms with Crippen molar-refractivity contribution in [2.24, 2.45) is 0 Å². The third-order valence-corrected chi connectivity index (χ3v) is 7.21. The van der Waals surface area contributed by atoms with E-state index in [0.717, 1.165) is 28.5 Å². The summed E-state index contributed by atoms with van der Waals surface area (Å²) in [5, 5.41) is 13.2. The van der Waals surface area contributed by atoms with Crippen molar-refractivity contribution in [1.29, 1.82) is 0 Å². The van der Waals surface area contributed by atoms with Crippen LogP contribution in [-0.2, 0) is 10.0 Å². The molecule has 0 aliphatic carbocycles. The topological polar surface area (TPSA) is 120 Å². The molecule has 0 saturated heterocycles. The maximum absolute atomic E-state index is 13.4. The van der Waals surface area contributed by atoms with Gasteiger partial charge in [-0.25, -0.2) is 27.5 Å². The predicted molar refractivity (Wildman–Crippen MR) is 144 cm³/mol. The number of aromatic hydroxyl groups is 1. The summed E-state index contributed by atoms with van der Waals surface area (Å²) in [5.74, 6) is 0.726. The zero-order valence-electron chi connectivity index (χ0n) is 20.1. The predicted octanol–water partition coefficient (Wildman–Crippen LogP) is 5.04. The monoisotopic (exact) mass is 529 g/mol. The van der Waals surface area contributed by atoms with Crippen molar-refractivity contribution in [3.8, 4) is 39.7 Å². The molecular weight excluding hydrogens is 505 g/mol. The standard InChI is InChI=1S/C28H24FN5O3S/c29-22-9-5-11-24(18-22)38(36,37)32-15-14-31-25-17-21(12-13-30-25)27-26(20-8-4-10-23(35)16-20)33-28(34-27)19-6-2-1-3-7-19/h1-13,16-18,32,35H,14-15H2,(H,30,31)(H,33,34). The van der Waals surface area contributed by atoms with Crippen molar-refractivity contribution in [3.63, 3.8) is 0 Å². The largest absolute Gasteiger partial charge is 0.508 e. The molecule has 3 aromatic carbocycles. The summed E-state index contributed by atoms with van der Waals surface area (Å²) in [6.45, 7) is 0.324. The van der Waals surface area contributed by atoms with Gasteiger partial charge >= 0.3 is 0 Å². The van der Waals surface area contributed by atoms with Crippen molar-refractivity contribution in [2.45, 2.75) is 4.90 Å². The second-order valence-corrected chi connectivity index (χ2v) is 10.2. The fraction of sp³-hybridized carbons (Fsp3) is 0.0714. The van der Waals surface area contributed by atoms with E-state index >= 15 is 0 Å². The van der Waals surface area contributed by atoms with Gasteiger partial charge in [0.1, 0.15) is 23.2 Å². The van der Waals surface area contributed by atoms with Crippen LogP contribution in [0.5, 0.6) is 5.75 Å². The number of phenols is 1. The van der Waals surface area contributed by atoms with Gasteiger partial charge in [-0.2, -0.15) is 0 Å². The average Bonchev–Trinajstić information content (AvgIpc) is 3.38. The lowest BCUT2D eigenvalue weighted by Gasteiger charge is -2.10. The van der Waals surface area contributed by atoms with Gasteiger partial charge in [0.15, 0.2) is 0 Å². The van der Waals surface area contributed by atoms with E-state index in [2.05, 4.69) is 20.0 Å². The van der Waals surface area contributed by atoms with Gasteiger partial charge in [-0.05, 0) is 42.5 Å². The lowest BCUT2D eigenvalue weighted by Crippen LogP contribution is -2.29. The summed E-state index contributed by atoms with van der Waals surface area (Å²) in [7, 11) is -3.84. The number of nitrogens with one attached hydrogen (secondary N) is 3. The Balaban J connectivity index is 1.36. The van der Waals surface area contributed by atoms with Crippen molar-refractivity contribution in [3.05, 3.63) is 103 Å². The molecule has 8 nitrogen and oxygen atoms in total. The summed E-state index contributed by atoms with van der Waals surface area (Å²) < 4.78 is 40.7. The second-order valence-electron chi connectivity index (χ2n) is 8.44. The Kier molecular flexibility index (Phi) is 7.16. The maximum Gasteiger partial charge on any atom is 0.240 e. The summed E-state index contributed by atoms with van der Waals surface area (Å²) >= 11 is 0. The van der Waals surface area contributed by atoms with E-state index in [1.165, 1.54) is 18.2 Å². The van der Waals surface area contributed by atoms with Crippen molar-refractivity contribution < 1.29 is 17.9 Å². The summed E-state index contributed by atoms with van der Waals surface area (Å²) in [5.41, 5.74) is 3.87. The number of rotatable bonds is 9. The molecule has 5 aromatic rings. The van der Waals surface area contributed by atoms with Crippen LogP contribution in [0.2, 0.25) is 0 Å². The number of H-pyrrole nitrogens is 1. The van der Waals surface area contributed by atoms with Gasteiger partial charge in [-0.3, -0.25) is 0 Å². The number of nitrogens with zero attached hydrogens (tertiary/aromatic N) is 2. The number of pyridine rings is 1. The van der Waals surface area contributed by atoms with Gasteiger partial charge in [-0.15, -0.1) is 0 Å². The Morgan fingerprint density at radius 3 is 2.42 bits per heavy atom. The molecule has 4 N–H and O–H groups in total. The SMILES string of the molecule is O=S(=O)(NCCNc1cc(-c2[nH]c(-c3ccccc3)nc2-c2cccc(O)c2)ccn1)c1cccc(F)c1. The molecule has 0 bridgehead atoms. The molecule has 0 spiro atoms. The van der Waals surface area contributed by atoms with Crippen LogP contribution in [0, 0.1) is 5.82 Å². The van der Waals surface area contributed by atoms with E-state index in [4.69, 9.17) is 4.98 Å². The Bertz CT molecular complexity index is 1670. The number of sulfonamides is 1. The Hall–Kier alpha value is -4.54. The van der Waals surface area contributed by atoms with Gasteiger partial charge in [0.05, 0.1) is 16.3 Å². The molecule has 0 radical (unpaired) electrons. The maximum atomic E-state index is 13.4. The smallest absolute Gasteiger partial charge is 0.240 e. The molecular formula is C28H24FN5O3S. The third kappa shape index (κ3) is 5.72. The van der Waals surface area contributed by atoms with E-state index < -0.39 is 15.8 Å². The second kappa shape index (κ2) is 10.8. The van der Waals surface area contributed by atoms with Gasteiger partial charge in [0.25, 0.3) is 0 Å². The first-order valence-electron chi connectivity index (χ1n) is 11.8. The van der Waals surface area contributed by atoms with Crippen molar-refractivity contribution >= 4 is 15.8 Å². The van der Waals surface area contributed by atoms with E-state index in [0.29, 0.717) is 17.3 Å². The molecule has 0 aliphatic heterocycles. The normalized spacial score (nSPS) is 11.4. The van der Waals surface area contributed by atoms with Crippen LogP contribution >= 0.6 is 0 Å². The minimum Gasteiger partial charge on any atom is -0.508 e. The number of hydrogen-bond donors (Lipinski definition) is 4. The molecule has 0 unspecified atom stereocenters. The van der Waals surface area contributed by atoms with Crippen molar-refractivity contribution in [1.82, 2.24) is 19.7 Å². The highest BCUT2D eigenvalue weighted by Crippen LogP contribution is 2.34. The van der Waals surface area contributed by atoms with Gasteiger partial charge in [-0.1, -0.05) is 48.5 Å². The van der Waals surface area contributed by atoms with Crippen LogP contribution < -0.4 is 10.0 Å². The first-order chi connectivity index (χ1) is 18.4. The minimum absolute atomic E-state index is 0.0709. The summed E-state index contributed by atoms with van der Waals surface area (Å²) in [4.78, 5) is 12.4. The highest BCUT2D eigenvalue weighted by Gasteiger charge is 2.17. The highest BCUT2D eigenvalue weighted by molar-refractivity contribution is 7.89. The van der Waals surface area contributed by atoms with Gasteiger partial charge in [0.2, 0.25) is 10.0 Å². The number of halogens is 1. The Morgan fingerprint density at radius 1 is 0.842 bits per heavy atom. The number of imidazole rings is 1. The zero-order chi connectivity index (χ0) is 26.5. The van der Waals surface area contributed by atoms with Crippen LogP contribution in [0.25, 0.3) is 33.9 Å². The Morgan fingerprint density at radius 2 is 1.63 bits per heavy atom. The number of benzene rings is 3. The first-order valence-corrected chi connectivity index (χ1v) is 13.3. The molecule has 2 heterocycles. The molecule has 2 aromatic heterocycles. The Labute approximate surface area is 219 Å². The molecule has 0 fully saturated rings. The molecule has 38 heavy (non-hydrogen) atoms. The number of aromatic nitrogens is 3. The van der Waals surface area contributed by atoms with Crippen LogP contribution in [0.4, 0.5) is 10.2 Å². The molecule has 5 rings (SSSR count). The zero-order valence-corrected chi connectivity index (χ0v) is 20.9. The first kappa shape index (κ1) is 25.1. The minimum atomic E-state index is -3.84. The van der Waals surface area contributed by atoms with Crippen LogP contribution in [0.3, 0.4) is 0 Å². The van der Waals surface area contributed by atoms with Crippen molar-refractivity contribution in [2.75, 3.05) is 18.4 Å². The molecule has 0 saturated carbocycles. The van der Waals surface area contributed by atoms with E-state index in [1.807, 2.05) is 48.5 Å². The molecule has 0 amide bonds. The summed E-state index contributed by atoms with van der Waals surface area (Å²) in [6.07, 6.45) is 1.64. The number of phenolic OH excluding ortho intramolecular Hbond substituents is 1. The van der Waals surface area contributed by atoms with E-state index in [1.54, 1.807) is 24.4 Å². The van der Waals surface area contributed by atoms with Crippen LogP contribution in [-0.4, -0.2) is 41.6 Å².